The van der Waals surface area contributed by atoms with Gasteiger partial charge in [-0.15, -0.1) is 11.3 Å². The van der Waals surface area contributed by atoms with Crippen LogP contribution in [0.15, 0.2) is 22.6 Å². The lowest BCUT2D eigenvalue weighted by Crippen LogP contribution is -2.46. The predicted molar refractivity (Wildman–Crippen MR) is 72.7 cm³/mol. The molecule has 1 atom stereocenters. The van der Waals surface area contributed by atoms with Crippen LogP contribution in [0.3, 0.4) is 0 Å². The molecule has 3 rings (SSSR count). The molecule has 6 nitrogen and oxygen atoms in total. The Morgan fingerprint density at radius 2 is 2.47 bits per heavy atom. The van der Waals surface area contributed by atoms with Gasteiger partial charge >= 0.3 is 0 Å². The molecule has 2 N–H and O–H groups in total. The number of carbonyl (C=O) groups excluding carboxylic acids is 1. The molecule has 1 amide bonds. The maximum absolute atomic E-state index is 12.1. The van der Waals surface area contributed by atoms with Gasteiger partial charge in [0, 0.05) is 30.4 Å². The molecule has 2 aromatic rings. The summed E-state index contributed by atoms with van der Waals surface area (Å²) in [5.74, 6) is -0.341. The zero-order chi connectivity index (χ0) is 13.2. The number of nitrogens with one attached hydrogen (secondary N) is 2. The molecular weight excluding hydrogens is 264 g/mol. The molecule has 2 aromatic heterocycles. The van der Waals surface area contributed by atoms with Gasteiger partial charge in [0.15, 0.2) is 4.96 Å². The topological polar surface area (TPSA) is 75.5 Å². The first-order valence-corrected chi connectivity index (χ1v) is 7.10. The largest absolute Gasteiger partial charge is 0.348 e. The number of hydrogen-bond acceptors (Lipinski definition) is 5. The highest BCUT2D eigenvalue weighted by Crippen LogP contribution is 2.06. The zero-order valence-electron chi connectivity index (χ0n) is 10.3. The van der Waals surface area contributed by atoms with Crippen LogP contribution < -0.4 is 16.2 Å². The number of hydrogen-bond donors (Lipinski definition) is 2. The quantitative estimate of drug-likeness (QED) is 0.825. The summed E-state index contributed by atoms with van der Waals surface area (Å²) in [6, 6.07) is 0.0869. The number of fused-ring (bicyclic) bond motifs is 1. The fraction of sp³-hybridized carbons (Fsp3) is 0.417. The lowest BCUT2D eigenvalue weighted by Gasteiger charge is -2.23. The maximum Gasteiger partial charge on any atom is 0.271 e. The van der Waals surface area contributed by atoms with E-state index >= 15 is 0 Å². The van der Waals surface area contributed by atoms with E-state index < -0.39 is 0 Å². The van der Waals surface area contributed by atoms with Crippen molar-refractivity contribution in [2.45, 2.75) is 18.9 Å². The van der Waals surface area contributed by atoms with Gasteiger partial charge in [-0.3, -0.25) is 14.0 Å². The molecular formula is C12H14N4O2S. The van der Waals surface area contributed by atoms with Crippen LogP contribution >= 0.6 is 11.3 Å². The van der Waals surface area contributed by atoms with Crippen molar-refractivity contribution < 1.29 is 4.79 Å². The van der Waals surface area contributed by atoms with Crippen molar-refractivity contribution in [3.8, 4) is 0 Å². The monoisotopic (exact) mass is 278 g/mol. The minimum absolute atomic E-state index is 0.0869. The second kappa shape index (κ2) is 5.10. The third kappa shape index (κ3) is 2.39. The first-order valence-electron chi connectivity index (χ1n) is 6.22. The summed E-state index contributed by atoms with van der Waals surface area (Å²) >= 11 is 1.37. The molecule has 0 spiro atoms. The van der Waals surface area contributed by atoms with Crippen LogP contribution in [0.4, 0.5) is 0 Å². The summed E-state index contributed by atoms with van der Waals surface area (Å²) < 4.78 is 1.40. The molecule has 1 aliphatic heterocycles. The van der Waals surface area contributed by atoms with E-state index in [4.69, 9.17) is 0 Å². The van der Waals surface area contributed by atoms with Crippen LogP contribution in [-0.4, -0.2) is 34.4 Å². The van der Waals surface area contributed by atoms with Crippen LogP contribution in [-0.2, 0) is 0 Å². The summed E-state index contributed by atoms with van der Waals surface area (Å²) in [5.41, 5.74) is -0.214. The Hall–Kier alpha value is -1.73. The summed E-state index contributed by atoms with van der Waals surface area (Å²) in [6.45, 7) is 1.73. The molecule has 0 bridgehead atoms. The van der Waals surface area contributed by atoms with Gasteiger partial charge in [0.2, 0.25) is 0 Å². The second-order valence-corrected chi connectivity index (χ2v) is 5.42. The maximum atomic E-state index is 12.1. The molecule has 3 heterocycles. The summed E-state index contributed by atoms with van der Waals surface area (Å²) in [4.78, 5) is 29.0. The molecule has 0 saturated carbocycles. The van der Waals surface area contributed by atoms with Crippen molar-refractivity contribution in [2.24, 2.45) is 0 Å². The molecule has 1 fully saturated rings. The Kier molecular flexibility index (Phi) is 3.31. The van der Waals surface area contributed by atoms with E-state index in [2.05, 4.69) is 15.6 Å². The van der Waals surface area contributed by atoms with Crippen LogP contribution in [0.25, 0.3) is 4.96 Å². The van der Waals surface area contributed by atoms with E-state index in [0.29, 0.717) is 4.96 Å². The third-order valence-electron chi connectivity index (χ3n) is 3.22. The Balaban J connectivity index is 1.84. The number of thiazole rings is 1. The van der Waals surface area contributed by atoms with Gasteiger partial charge in [-0.2, -0.15) is 0 Å². The molecule has 0 aromatic carbocycles. The normalized spacial score (nSPS) is 19.5. The Morgan fingerprint density at radius 1 is 1.58 bits per heavy atom. The Bertz CT molecular complexity index is 657. The zero-order valence-corrected chi connectivity index (χ0v) is 11.1. The fourth-order valence-electron chi connectivity index (χ4n) is 2.22. The van der Waals surface area contributed by atoms with Crippen molar-refractivity contribution in [3.63, 3.8) is 0 Å². The van der Waals surface area contributed by atoms with E-state index in [1.807, 2.05) is 0 Å². The highest BCUT2D eigenvalue weighted by molar-refractivity contribution is 7.15. The van der Waals surface area contributed by atoms with Crippen LogP contribution in [0.2, 0.25) is 0 Å². The molecule has 0 aliphatic carbocycles. The van der Waals surface area contributed by atoms with Gasteiger partial charge < -0.3 is 10.6 Å². The minimum atomic E-state index is -0.341. The first kappa shape index (κ1) is 12.3. The standard InChI is InChI=1S/C12H14N4O2S/c17-10(15-8-2-1-3-13-6-8)9-7-14-12-16(11(9)18)4-5-19-12/h4-5,7-8,13H,1-3,6H2,(H,15,17). The Labute approximate surface area is 113 Å². The van der Waals surface area contributed by atoms with Gasteiger partial charge in [0.25, 0.3) is 11.5 Å². The number of piperidine rings is 1. The fourth-order valence-corrected chi connectivity index (χ4v) is 2.89. The van der Waals surface area contributed by atoms with E-state index in [0.717, 1.165) is 25.9 Å². The van der Waals surface area contributed by atoms with E-state index in [9.17, 15) is 9.59 Å². The van der Waals surface area contributed by atoms with Gasteiger partial charge in [-0.05, 0) is 19.4 Å². The van der Waals surface area contributed by atoms with E-state index in [-0.39, 0.29) is 23.1 Å². The van der Waals surface area contributed by atoms with Gasteiger partial charge in [0.1, 0.15) is 5.56 Å². The highest BCUT2D eigenvalue weighted by atomic mass is 32.1. The van der Waals surface area contributed by atoms with Crippen LogP contribution in [0.5, 0.6) is 0 Å². The van der Waals surface area contributed by atoms with Crippen LogP contribution in [0.1, 0.15) is 23.2 Å². The summed E-state index contributed by atoms with van der Waals surface area (Å²) in [5, 5.41) is 7.88. The van der Waals surface area contributed by atoms with Crippen molar-refractivity contribution >= 4 is 22.2 Å². The molecule has 7 heteroatoms. The summed E-state index contributed by atoms with van der Waals surface area (Å²) in [7, 11) is 0. The average molecular weight is 278 g/mol. The van der Waals surface area contributed by atoms with Crippen LogP contribution in [0, 0.1) is 0 Å². The second-order valence-electron chi connectivity index (χ2n) is 4.55. The minimum Gasteiger partial charge on any atom is -0.348 e. The first-order chi connectivity index (χ1) is 9.25. The van der Waals surface area contributed by atoms with Crippen molar-refractivity contribution in [3.05, 3.63) is 33.7 Å². The molecule has 100 valence electrons. The molecule has 1 unspecified atom stereocenters. The summed E-state index contributed by atoms with van der Waals surface area (Å²) in [6.07, 6.45) is 4.97. The van der Waals surface area contributed by atoms with Gasteiger partial charge in [-0.25, -0.2) is 4.98 Å². The third-order valence-corrected chi connectivity index (χ3v) is 3.99. The average Bonchev–Trinajstić information content (AvgIpc) is 2.89. The lowest BCUT2D eigenvalue weighted by molar-refractivity contribution is 0.0928. The molecule has 1 aliphatic rings. The van der Waals surface area contributed by atoms with Crippen molar-refractivity contribution in [1.82, 2.24) is 20.0 Å². The molecule has 0 radical (unpaired) electrons. The van der Waals surface area contributed by atoms with Gasteiger partial charge in [-0.1, -0.05) is 0 Å². The van der Waals surface area contributed by atoms with Crippen molar-refractivity contribution in [2.75, 3.05) is 13.1 Å². The lowest BCUT2D eigenvalue weighted by atomic mass is 10.1. The highest BCUT2D eigenvalue weighted by Gasteiger charge is 2.19. The molecule has 1 saturated heterocycles. The number of aromatic nitrogens is 2. The number of rotatable bonds is 2. The number of nitrogens with zero attached hydrogens (tertiary/aromatic N) is 2. The predicted octanol–water partition coefficient (Wildman–Crippen LogP) is 0.238. The SMILES string of the molecule is O=C(NC1CCCNC1)c1cnc2sccn2c1=O. The number of carbonyl (C=O) groups is 1. The number of amides is 1. The van der Waals surface area contributed by atoms with Crippen molar-refractivity contribution in [1.29, 1.82) is 0 Å². The molecule has 19 heavy (non-hydrogen) atoms. The van der Waals surface area contributed by atoms with E-state index in [1.54, 1.807) is 11.6 Å². The van der Waals surface area contributed by atoms with E-state index in [1.165, 1.54) is 21.9 Å². The van der Waals surface area contributed by atoms with Gasteiger partial charge in [0.05, 0.1) is 0 Å². The Morgan fingerprint density at radius 3 is 3.26 bits per heavy atom. The smallest absolute Gasteiger partial charge is 0.271 e.